The van der Waals surface area contributed by atoms with E-state index in [2.05, 4.69) is 29.0 Å². The number of H-pyrrole nitrogens is 1. The molecule has 3 rings (SSSR count). The summed E-state index contributed by atoms with van der Waals surface area (Å²) >= 11 is 0. The van der Waals surface area contributed by atoms with E-state index in [4.69, 9.17) is 4.74 Å². The number of ether oxygens (including phenoxy) is 1. The average molecular weight is 298 g/mol. The first-order valence-electron chi connectivity index (χ1n) is 8.04. The number of fused-ring (bicyclic) bond motifs is 3. The van der Waals surface area contributed by atoms with Gasteiger partial charge in [-0.15, -0.1) is 0 Å². The average Bonchev–Trinajstić information content (AvgIpc) is 2.79. The zero-order chi connectivity index (χ0) is 15.5. The van der Waals surface area contributed by atoms with Crippen molar-refractivity contribution in [1.82, 2.24) is 4.98 Å². The van der Waals surface area contributed by atoms with Crippen molar-refractivity contribution in [2.24, 2.45) is 4.99 Å². The van der Waals surface area contributed by atoms with Gasteiger partial charge in [-0.05, 0) is 30.9 Å². The van der Waals surface area contributed by atoms with Crippen LogP contribution in [0.3, 0.4) is 0 Å². The van der Waals surface area contributed by atoms with Crippen molar-refractivity contribution in [2.45, 2.75) is 45.1 Å². The van der Waals surface area contributed by atoms with Crippen molar-refractivity contribution < 1.29 is 9.53 Å². The second-order valence-electron chi connectivity index (χ2n) is 5.77. The number of hydrogen-bond donors (Lipinski definition) is 1. The number of nitrogens with zero attached hydrogens (tertiary/aromatic N) is 1. The quantitative estimate of drug-likeness (QED) is 0.877. The molecule has 0 aliphatic carbocycles. The Hall–Kier alpha value is -2.10. The molecule has 0 spiro atoms. The molecule has 4 nitrogen and oxygen atoms in total. The summed E-state index contributed by atoms with van der Waals surface area (Å²) in [5.41, 5.74) is 3.23. The van der Waals surface area contributed by atoms with E-state index in [9.17, 15) is 4.79 Å². The van der Waals surface area contributed by atoms with Gasteiger partial charge in [0.1, 0.15) is 5.92 Å². The third kappa shape index (κ3) is 2.65. The molecule has 0 saturated heterocycles. The molecular formula is C18H22N2O2. The number of hydrogen-bond acceptors (Lipinski definition) is 3. The molecule has 116 valence electrons. The van der Waals surface area contributed by atoms with Gasteiger partial charge in [-0.2, -0.15) is 0 Å². The highest BCUT2D eigenvalue weighted by Crippen LogP contribution is 2.32. The van der Waals surface area contributed by atoms with Crippen LogP contribution in [0.5, 0.6) is 0 Å². The SMILES string of the molecule is CCCOC(=O)C1C=NC(CC)Cc2c1[nH]c1ccccc21. The van der Waals surface area contributed by atoms with Crippen LogP contribution in [0.2, 0.25) is 0 Å². The lowest BCUT2D eigenvalue weighted by atomic mass is 9.97. The molecule has 0 radical (unpaired) electrons. The van der Waals surface area contributed by atoms with Crippen LogP contribution >= 0.6 is 0 Å². The maximum Gasteiger partial charge on any atom is 0.320 e. The molecule has 22 heavy (non-hydrogen) atoms. The van der Waals surface area contributed by atoms with Gasteiger partial charge >= 0.3 is 5.97 Å². The van der Waals surface area contributed by atoms with Gasteiger partial charge in [0.2, 0.25) is 0 Å². The third-order valence-corrected chi connectivity index (χ3v) is 4.22. The number of para-hydroxylation sites is 1. The van der Waals surface area contributed by atoms with Gasteiger partial charge in [-0.1, -0.05) is 32.0 Å². The summed E-state index contributed by atoms with van der Waals surface area (Å²) in [6.45, 7) is 4.58. The topological polar surface area (TPSA) is 54.4 Å². The molecule has 1 aromatic carbocycles. The molecule has 1 aromatic heterocycles. The molecule has 1 N–H and O–H groups in total. The maximum absolute atomic E-state index is 12.4. The van der Waals surface area contributed by atoms with Crippen LogP contribution in [-0.4, -0.2) is 29.8 Å². The fourth-order valence-electron chi connectivity index (χ4n) is 3.00. The zero-order valence-electron chi connectivity index (χ0n) is 13.1. The summed E-state index contributed by atoms with van der Waals surface area (Å²) < 4.78 is 5.36. The highest BCUT2D eigenvalue weighted by atomic mass is 16.5. The van der Waals surface area contributed by atoms with Crippen LogP contribution < -0.4 is 0 Å². The molecule has 2 heterocycles. The summed E-state index contributed by atoms with van der Waals surface area (Å²) in [6.07, 6.45) is 4.43. The molecule has 2 unspecified atom stereocenters. The minimum absolute atomic E-state index is 0.213. The van der Waals surface area contributed by atoms with Crippen LogP contribution in [0, 0.1) is 0 Å². The van der Waals surface area contributed by atoms with Gasteiger partial charge < -0.3 is 9.72 Å². The summed E-state index contributed by atoms with van der Waals surface area (Å²) in [4.78, 5) is 20.4. The molecule has 0 amide bonds. The first-order chi connectivity index (χ1) is 10.7. The molecule has 2 aromatic rings. The lowest BCUT2D eigenvalue weighted by Gasteiger charge is -2.11. The minimum atomic E-state index is -0.425. The van der Waals surface area contributed by atoms with E-state index in [1.807, 2.05) is 19.1 Å². The number of carbonyl (C=O) groups excluding carboxylic acids is 1. The Kier molecular flexibility index (Phi) is 4.27. The molecule has 1 aliphatic rings. The van der Waals surface area contributed by atoms with Gasteiger partial charge in [0, 0.05) is 22.8 Å². The second-order valence-corrected chi connectivity index (χ2v) is 5.77. The fourth-order valence-corrected chi connectivity index (χ4v) is 3.00. The van der Waals surface area contributed by atoms with E-state index < -0.39 is 5.92 Å². The number of aromatic amines is 1. The zero-order valence-corrected chi connectivity index (χ0v) is 13.1. The number of aromatic nitrogens is 1. The van der Waals surface area contributed by atoms with Crippen molar-refractivity contribution in [3.8, 4) is 0 Å². The molecule has 2 atom stereocenters. The molecule has 0 saturated carbocycles. The highest BCUT2D eigenvalue weighted by molar-refractivity contribution is 5.99. The Bertz CT molecular complexity index is 702. The predicted molar refractivity (Wildman–Crippen MR) is 88.6 cm³/mol. The van der Waals surface area contributed by atoms with Crippen molar-refractivity contribution >= 4 is 23.1 Å². The van der Waals surface area contributed by atoms with Gasteiger partial charge in [0.15, 0.2) is 0 Å². The van der Waals surface area contributed by atoms with Crippen molar-refractivity contribution in [3.05, 3.63) is 35.5 Å². The third-order valence-electron chi connectivity index (χ3n) is 4.22. The van der Waals surface area contributed by atoms with Crippen molar-refractivity contribution in [3.63, 3.8) is 0 Å². The number of aliphatic imine (C=N–C) groups is 1. The highest BCUT2D eigenvalue weighted by Gasteiger charge is 2.29. The van der Waals surface area contributed by atoms with Crippen LogP contribution in [0.15, 0.2) is 29.3 Å². The molecule has 1 aliphatic heterocycles. The van der Waals surface area contributed by atoms with Crippen molar-refractivity contribution in [1.29, 1.82) is 0 Å². The van der Waals surface area contributed by atoms with Gasteiger partial charge in [-0.3, -0.25) is 9.79 Å². The van der Waals surface area contributed by atoms with Crippen LogP contribution in [0.4, 0.5) is 0 Å². The monoisotopic (exact) mass is 298 g/mol. The molecule has 4 heteroatoms. The molecule has 0 fully saturated rings. The van der Waals surface area contributed by atoms with Crippen LogP contribution in [0.25, 0.3) is 10.9 Å². The van der Waals surface area contributed by atoms with E-state index in [0.29, 0.717) is 6.61 Å². The van der Waals surface area contributed by atoms with Gasteiger partial charge in [0.25, 0.3) is 0 Å². The van der Waals surface area contributed by atoms with Crippen LogP contribution in [-0.2, 0) is 16.0 Å². The first kappa shape index (κ1) is 14.8. The lowest BCUT2D eigenvalue weighted by Crippen LogP contribution is -2.18. The molecule has 0 bridgehead atoms. The van der Waals surface area contributed by atoms with Crippen molar-refractivity contribution in [2.75, 3.05) is 6.61 Å². The van der Waals surface area contributed by atoms with E-state index in [1.165, 1.54) is 10.9 Å². The summed E-state index contributed by atoms with van der Waals surface area (Å²) in [5, 5.41) is 1.19. The Labute approximate surface area is 130 Å². The number of nitrogens with one attached hydrogen (secondary N) is 1. The van der Waals surface area contributed by atoms with E-state index in [0.717, 1.165) is 30.5 Å². The smallest absolute Gasteiger partial charge is 0.320 e. The largest absolute Gasteiger partial charge is 0.465 e. The second kappa shape index (κ2) is 6.34. The Morgan fingerprint density at radius 1 is 1.36 bits per heavy atom. The summed E-state index contributed by atoms with van der Waals surface area (Å²) in [6, 6.07) is 8.43. The lowest BCUT2D eigenvalue weighted by molar-refractivity contribution is -0.143. The first-order valence-corrected chi connectivity index (χ1v) is 8.04. The Balaban J connectivity index is 2.06. The van der Waals surface area contributed by atoms with E-state index in [1.54, 1.807) is 6.21 Å². The maximum atomic E-state index is 12.4. The van der Waals surface area contributed by atoms with Gasteiger partial charge in [0.05, 0.1) is 12.6 Å². The number of esters is 1. The Morgan fingerprint density at radius 3 is 2.95 bits per heavy atom. The standard InChI is InChI=1S/C18H22N2O2/c1-3-9-22-18(21)15-11-19-12(4-2)10-14-13-7-5-6-8-16(13)20-17(14)15/h5-8,11-12,15,20H,3-4,9-10H2,1-2H3. The minimum Gasteiger partial charge on any atom is -0.465 e. The van der Waals surface area contributed by atoms with E-state index in [-0.39, 0.29) is 12.0 Å². The number of benzene rings is 1. The van der Waals surface area contributed by atoms with E-state index >= 15 is 0 Å². The fraction of sp³-hybridized carbons (Fsp3) is 0.444. The number of rotatable bonds is 4. The summed E-state index contributed by atoms with van der Waals surface area (Å²) in [5.74, 6) is -0.638. The Morgan fingerprint density at radius 2 is 2.18 bits per heavy atom. The number of carbonyl (C=O) groups is 1. The van der Waals surface area contributed by atoms with Crippen LogP contribution in [0.1, 0.15) is 43.9 Å². The predicted octanol–water partition coefficient (Wildman–Crippen LogP) is 3.61. The van der Waals surface area contributed by atoms with Gasteiger partial charge in [-0.25, -0.2) is 0 Å². The molecular weight excluding hydrogens is 276 g/mol. The summed E-state index contributed by atoms with van der Waals surface area (Å²) in [7, 11) is 0. The normalized spacial score (nSPS) is 20.6.